The van der Waals surface area contributed by atoms with E-state index in [1.165, 1.54) is 7.11 Å². The van der Waals surface area contributed by atoms with Crippen LogP contribution in [0.5, 0.6) is 0 Å². The Balaban J connectivity index is 0.00000256. The van der Waals surface area contributed by atoms with Crippen molar-refractivity contribution in [3.63, 3.8) is 0 Å². The molecule has 0 amide bonds. The predicted molar refractivity (Wildman–Crippen MR) is 47.9 cm³/mol. The van der Waals surface area contributed by atoms with Crippen LogP contribution in [-0.2, 0) is 14.3 Å². The molecule has 0 spiro atoms. The van der Waals surface area contributed by atoms with E-state index in [2.05, 4.69) is 0 Å². The first-order valence-corrected chi connectivity index (χ1v) is 4.89. The van der Waals surface area contributed by atoms with Crippen LogP contribution >= 0.6 is 0 Å². The number of carboxylic acid groups (broad SMARTS) is 1. The van der Waals surface area contributed by atoms with E-state index >= 15 is 0 Å². The van der Waals surface area contributed by atoms with Gasteiger partial charge in [0.05, 0.1) is 6.10 Å². The Labute approximate surface area is 121 Å². The standard InChI is InChI=1S/C9H16O7.Na/c1-15-9-8(14)7(13)6(12)4(16-9)2-3-5(10)11;/h4,6-9,12-14H,2-3H2,1H3,(H,10,11);/q;+1/p-1/t4-,6-,7+,8+,9+;/m1./s1. The Bertz CT molecular complexity index is 247. The van der Waals surface area contributed by atoms with E-state index in [0.29, 0.717) is 0 Å². The first-order chi connectivity index (χ1) is 7.47. The zero-order valence-electron chi connectivity index (χ0n) is 9.78. The van der Waals surface area contributed by atoms with E-state index < -0.39 is 36.7 Å². The second kappa shape index (κ2) is 7.65. The van der Waals surface area contributed by atoms with Gasteiger partial charge in [-0.1, -0.05) is 0 Å². The fourth-order valence-electron chi connectivity index (χ4n) is 1.61. The summed E-state index contributed by atoms with van der Waals surface area (Å²) in [5.74, 6) is -1.27. The third-order valence-corrected chi connectivity index (χ3v) is 2.53. The molecule has 0 aromatic heterocycles. The van der Waals surface area contributed by atoms with Crippen LogP contribution in [0.1, 0.15) is 12.8 Å². The van der Waals surface area contributed by atoms with E-state index in [4.69, 9.17) is 9.47 Å². The van der Waals surface area contributed by atoms with Crippen molar-refractivity contribution in [1.29, 1.82) is 0 Å². The van der Waals surface area contributed by atoms with Gasteiger partial charge in [-0.15, -0.1) is 0 Å². The van der Waals surface area contributed by atoms with E-state index in [0.717, 1.165) is 0 Å². The molecule has 1 aliphatic heterocycles. The molecule has 0 aromatic rings. The fourth-order valence-corrected chi connectivity index (χ4v) is 1.61. The van der Waals surface area contributed by atoms with Crippen molar-refractivity contribution >= 4 is 5.97 Å². The van der Waals surface area contributed by atoms with Crippen LogP contribution in [0.3, 0.4) is 0 Å². The second-order valence-electron chi connectivity index (χ2n) is 3.66. The van der Waals surface area contributed by atoms with Gasteiger partial charge in [0.2, 0.25) is 0 Å². The van der Waals surface area contributed by atoms with Gasteiger partial charge in [-0.05, 0) is 12.8 Å². The number of carbonyl (C=O) groups is 1. The van der Waals surface area contributed by atoms with Crippen molar-refractivity contribution in [2.45, 2.75) is 43.5 Å². The molecular weight excluding hydrogens is 243 g/mol. The van der Waals surface area contributed by atoms with Crippen LogP contribution in [0.2, 0.25) is 0 Å². The van der Waals surface area contributed by atoms with Crippen LogP contribution < -0.4 is 34.7 Å². The number of aliphatic carboxylic acids is 1. The number of carbonyl (C=O) groups excluding carboxylic acids is 1. The molecule has 1 aliphatic rings. The summed E-state index contributed by atoms with van der Waals surface area (Å²) >= 11 is 0. The Kier molecular flexibility index (Phi) is 7.77. The number of carboxylic acids is 1. The average Bonchev–Trinajstić information content (AvgIpc) is 2.25. The molecule has 0 radical (unpaired) electrons. The van der Waals surface area contributed by atoms with Gasteiger partial charge in [-0.3, -0.25) is 0 Å². The van der Waals surface area contributed by atoms with Gasteiger partial charge >= 0.3 is 29.6 Å². The summed E-state index contributed by atoms with van der Waals surface area (Å²) < 4.78 is 9.86. The Morgan fingerprint density at radius 2 is 1.88 bits per heavy atom. The molecule has 0 saturated carbocycles. The molecular formula is C9H15NaO7. The summed E-state index contributed by atoms with van der Waals surface area (Å²) in [6.07, 6.45) is -6.44. The van der Waals surface area contributed by atoms with Crippen LogP contribution in [0.4, 0.5) is 0 Å². The number of aliphatic hydroxyl groups is 3. The molecule has 1 heterocycles. The third-order valence-electron chi connectivity index (χ3n) is 2.53. The first kappa shape index (κ1) is 17.3. The van der Waals surface area contributed by atoms with Crippen LogP contribution in [0, 0.1) is 0 Å². The van der Waals surface area contributed by atoms with Gasteiger partial charge in [0.25, 0.3) is 0 Å². The normalized spacial score (nSPS) is 37.3. The molecule has 94 valence electrons. The van der Waals surface area contributed by atoms with Crippen molar-refractivity contribution in [3.05, 3.63) is 0 Å². The molecule has 1 fully saturated rings. The van der Waals surface area contributed by atoms with Crippen molar-refractivity contribution in [2.75, 3.05) is 7.11 Å². The summed E-state index contributed by atoms with van der Waals surface area (Å²) in [6, 6.07) is 0. The molecule has 17 heavy (non-hydrogen) atoms. The smallest absolute Gasteiger partial charge is 0.550 e. The van der Waals surface area contributed by atoms with E-state index in [-0.39, 0.29) is 42.4 Å². The molecule has 0 aromatic carbocycles. The van der Waals surface area contributed by atoms with Gasteiger partial charge < -0.3 is 34.7 Å². The number of hydrogen-bond donors (Lipinski definition) is 3. The van der Waals surface area contributed by atoms with Gasteiger partial charge in [0, 0.05) is 13.1 Å². The number of methoxy groups -OCH3 is 1. The molecule has 1 rings (SSSR count). The van der Waals surface area contributed by atoms with Crippen LogP contribution in [-0.4, -0.2) is 59.1 Å². The van der Waals surface area contributed by atoms with Gasteiger partial charge in [0.1, 0.15) is 18.3 Å². The Morgan fingerprint density at radius 1 is 1.29 bits per heavy atom. The molecule has 0 bridgehead atoms. The van der Waals surface area contributed by atoms with Gasteiger partial charge in [0.15, 0.2) is 6.29 Å². The Hall–Kier alpha value is 0.270. The van der Waals surface area contributed by atoms with Crippen molar-refractivity contribution in [1.82, 2.24) is 0 Å². The second-order valence-corrected chi connectivity index (χ2v) is 3.66. The van der Waals surface area contributed by atoms with Crippen molar-refractivity contribution < 1.29 is 64.3 Å². The first-order valence-electron chi connectivity index (χ1n) is 4.89. The molecule has 7 nitrogen and oxygen atoms in total. The van der Waals surface area contributed by atoms with Gasteiger partial charge in [-0.25, -0.2) is 0 Å². The number of aliphatic hydroxyl groups excluding tert-OH is 3. The summed E-state index contributed by atoms with van der Waals surface area (Å²) in [4.78, 5) is 10.3. The molecule has 8 heteroatoms. The molecule has 3 N–H and O–H groups in total. The summed E-state index contributed by atoms with van der Waals surface area (Å²) in [5, 5.41) is 38.7. The van der Waals surface area contributed by atoms with E-state index in [9.17, 15) is 25.2 Å². The number of hydrogen-bond acceptors (Lipinski definition) is 7. The van der Waals surface area contributed by atoms with Crippen molar-refractivity contribution in [3.8, 4) is 0 Å². The Morgan fingerprint density at radius 3 is 2.35 bits per heavy atom. The molecule has 0 unspecified atom stereocenters. The maximum Gasteiger partial charge on any atom is 1.00 e. The van der Waals surface area contributed by atoms with E-state index in [1.807, 2.05) is 0 Å². The van der Waals surface area contributed by atoms with Gasteiger partial charge in [-0.2, -0.15) is 0 Å². The topological polar surface area (TPSA) is 119 Å². The molecule has 1 saturated heterocycles. The third kappa shape index (κ3) is 4.46. The summed E-state index contributed by atoms with van der Waals surface area (Å²) in [7, 11) is 1.27. The predicted octanol–water partition coefficient (Wildman–Crippen LogP) is -6.03. The minimum absolute atomic E-state index is 0. The number of rotatable bonds is 4. The summed E-state index contributed by atoms with van der Waals surface area (Å²) in [5.41, 5.74) is 0. The van der Waals surface area contributed by atoms with Crippen LogP contribution in [0.15, 0.2) is 0 Å². The van der Waals surface area contributed by atoms with Crippen LogP contribution in [0.25, 0.3) is 0 Å². The quantitative estimate of drug-likeness (QED) is 0.429. The molecule has 5 atom stereocenters. The van der Waals surface area contributed by atoms with E-state index in [1.54, 1.807) is 0 Å². The number of ether oxygens (including phenoxy) is 2. The zero-order valence-corrected chi connectivity index (χ0v) is 11.8. The summed E-state index contributed by atoms with van der Waals surface area (Å²) in [6.45, 7) is 0. The minimum Gasteiger partial charge on any atom is -0.550 e. The largest absolute Gasteiger partial charge is 1.00 e. The SMILES string of the molecule is CO[C@H]1O[C@H](CCC(=O)[O-])[C@@H](O)[C@H](O)[C@@H]1O.[Na+]. The average molecular weight is 258 g/mol. The minimum atomic E-state index is -1.43. The van der Waals surface area contributed by atoms with Crippen molar-refractivity contribution in [2.24, 2.45) is 0 Å². The monoisotopic (exact) mass is 258 g/mol. The maximum absolute atomic E-state index is 10.3. The molecule has 0 aliphatic carbocycles. The maximum atomic E-state index is 10.3. The fraction of sp³-hybridized carbons (Fsp3) is 0.889. The zero-order chi connectivity index (χ0) is 12.3.